The molecule has 4 rings (SSSR count). The third-order valence-electron chi connectivity index (χ3n) is 4.75. The van der Waals surface area contributed by atoms with E-state index in [1.807, 2.05) is 24.5 Å². The lowest BCUT2D eigenvalue weighted by Crippen LogP contribution is -2.34. The monoisotopic (exact) mass is 387 g/mol. The molecule has 1 fully saturated rings. The highest BCUT2D eigenvalue weighted by Gasteiger charge is 2.20. The van der Waals surface area contributed by atoms with Crippen LogP contribution in [0.25, 0.3) is 27.9 Å². The first-order chi connectivity index (χ1) is 12.5. The highest BCUT2D eigenvalue weighted by Crippen LogP contribution is 2.35. The number of benzene rings is 1. The first-order valence-electron chi connectivity index (χ1n) is 8.49. The largest absolute Gasteiger partial charge is 0.378 e. The molecule has 1 aliphatic rings. The number of aryl methyl sites for hydroxylation is 1. The molecule has 0 aliphatic carbocycles. The van der Waals surface area contributed by atoms with Gasteiger partial charge in [0.05, 0.1) is 24.4 Å². The van der Waals surface area contributed by atoms with Crippen LogP contribution < -0.4 is 0 Å². The standard InChI is InChI=1S/C20H19Cl2N3O/c1-12-10-23-20-18(12)17(13(2)25-3-5-26-6-4-25)11-24-19(20)14-7-15(21)9-16(22)8-14/h7-11,23H,2-6H2,1H3. The van der Waals surface area contributed by atoms with Crippen LogP contribution in [0.1, 0.15) is 11.1 Å². The predicted molar refractivity (Wildman–Crippen MR) is 108 cm³/mol. The third-order valence-corrected chi connectivity index (χ3v) is 5.18. The van der Waals surface area contributed by atoms with E-state index in [2.05, 4.69) is 23.4 Å². The molecular weight excluding hydrogens is 369 g/mol. The van der Waals surface area contributed by atoms with Gasteiger partial charge in [-0.15, -0.1) is 0 Å². The molecule has 3 aromatic rings. The van der Waals surface area contributed by atoms with Gasteiger partial charge in [-0.1, -0.05) is 29.8 Å². The molecule has 26 heavy (non-hydrogen) atoms. The number of hydrogen-bond donors (Lipinski definition) is 1. The van der Waals surface area contributed by atoms with Crippen molar-refractivity contribution in [1.82, 2.24) is 14.9 Å². The SMILES string of the molecule is C=C(c1cnc(-c2cc(Cl)cc(Cl)c2)c2[nH]cc(C)c12)N1CCOCC1. The quantitative estimate of drug-likeness (QED) is 0.675. The smallest absolute Gasteiger partial charge is 0.0944 e. The minimum Gasteiger partial charge on any atom is -0.378 e. The average Bonchev–Trinajstić information content (AvgIpc) is 3.02. The molecule has 1 aliphatic heterocycles. The third kappa shape index (κ3) is 3.09. The Hall–Kier alpha value is -2.01. The van der Waals surface area contributed by atoms with Gasteiger partial charge in [0.15, 0.2) is 0 Å². The molecule has 1 N–H and O–H groups in total. The van der Waals surface area contributed by atoms with E-state index in [1.54, 1.807) is 6.07 Å². The summed E-state index contributed by atoms with van der Waals surface area (Å²) in [4.78, 5) is 10.3. The number of hydrogen-bond acceptors (Lipinski definition) is 3. The van der Waals surface area contributed by atoms with Crippen molar-refractivity contribution in [1.29, 1.82) is 0 Å². The molecule has 4 nitrogen and oxygen atoms in total. The zero-order valence-electron chi connectivity index (χ0n) is 14.5. The maximum atomic E-state index is 6.18. The molecule has 0 radical (unpaired) electrons. The fraction of sp³-hybridized carbons (Fsp3) is 0.250. The molecule has 134 valence electrons. The molecule has 0 amide bonds. The van der Waals surface area contributed by atoms with E-state index in [0.717, 1.165) is 65.3 Å². The van der Waals surface area contributed by atoms with E-state index in [1.165, 1.54) is 0 Å². The summed E-state index contributed by atoms with van der Waals surface area (Å²) < 4.78 is 5.45. The second kappa shape index (κ2) is 6.95. The fourth-order valence-corrected chi connectivity index (χ4v) is 3.97. The number of nitrogens with one attached hydrogen (secondary N) is 1. The highest BCUT2D eigenvalue weighted by atomic mass is 35.5. The lowest BCUT2D eigenvalue weighted by Gasteiger charge is -2.30. The van der Waals surface area contributed by atoms with Crippen LogP contribution in [0.4, 0.5) is 0 Å². The predicted octanol–water partition coefficient (Wildman–Crippen LogP) is 5.15. The minimum atomic E-state index is 0.590. The molecule has 0 atom stereocenters. The normalized spacial score (nSPS) is 14.8. The van der Waals surface area contributed by atoms with Crippen LogP contribution in [0.2, 0.25) is 10.0 Å². The second-order valence-electron chi connectivity index (χ2n) is 6.45. The number of fused-ring (bicyclic) bond motifs is 1. The summed E-state index contributed by atoms with van der Waals surface area (Å²) in [6, 6.07) is 5.47. The Morgan fingerprint density at radius 2 is 1.88 bits per heavy atom. The van der Waals surface area contributed by atoms with Gasteiger partial charge in [-0.2, -0.15) is 0 Å². The zero-order valence-corrected chi connectivity index (χ0v) is 16.0. The van der Waals surface area contributed by atoms with Crippen molar-refractivity contribution in [2.24, 2.45) is 0 Å². The first kappa shape index (κ1) is 17.4. The van der Waals surface area contributed by atoms with Crippen LogP contribution >= 0.6 is 23.2 Å². The van der Waals surface area contributed by atoms with Crippen molar-refractivity contribution in [3.8, 4) is 11.3 Å². The first-order valence-corrected chi connectivity index (χ1v) is 9.25. The van der Waals surface area contributed by atoms with Gasteiger partial charge in [0.25, 0.3) is 0 Å². The summed E-state index contributed by atoms with van der Waals surface area (Å²) in [5.41, 5.74) is 5.85. The Morgan fingerprint density at radius 1 is 1.19 bits per heavy atom. The van der Waals surface area contributed by atoms with Crippen molar-refractivity contribution in [2.75, 3.05) is 26.3 Å². The Kier molecular flexibility index (Phi) is 4.65. The summed E-state index contributed by atoms with van der Waals surface area (Å²) in [6.07, 6.45) is 3.89. The van der Waals surface area contributed by atoms with E-state index in [4.69, 9.17) is 32.9 Å². The topological polar surface area (TPSA) is 41.2 Å². The van der Waals surface area contributed by atoms with Crippen LogP contribution in [0, 0.1) is 6.92 Å². The Morgan fingerprint density at radius 3 is 2.58 bits per heavy atom. The molecule has 6 heteroatoms. The number of aromatic nitrogens is 2. The van der Waals surface area contributed by atoms with E-state index < -0.39 is 0 Å². The maximum absolute atomic E-state index is 6.18. The number of rotatable bonds is 3. The van der Waals surface area contributed by atoms with Gasteiger partial charge >= 0.3 is 0 Å². The van der Waals surface area contributed by atoms with Crippen LogP contribution in [-0.4, -0.2) is 41.2 Å². The molecule has 0 unspecified atom stereocenters. The lowest BCUT2D eigenvalue weighted by atomic mass is 10.0. The van der Waals surface area contributed by atoms with Gasteiger partial charge < -0.3 is 14.6 Å². The molecular formula is C20H19Cl2N3O. The van der Waals surface area contributed by atoms with Gasteiger partial charge in [0, 0.05) is 57.7 Å². The van der Waals surface area contributed by atoms with Crippen LogP contribution in [0.15, 0.2) is 37.2 Å². The summed E-state index contributed by atoms with van der Waals surface area (Å²) >= 11 is 12.4. The van der Waals surface area contributed by atoms with Crippen molar-refractivity contribution >= 4 is 39.8 Å². The van der Waals surface area contributed by atoms with Crippen LogP contribution in [-0.2, 0) is 4.74 Å². The van der Waals surface area contributed by atoms with E-state index in [0.29, 0.717) is 10.0 Å². The Balaban J connectivity index is 1.85. The van der Waals surface area contributed by atoms with Crippen molar-refractivity contribution in [2.45, 2.75) is 6.92 Å². The van der Waals surface area contributed by atoms with Crippen molar-refractivity contribution in [3.63, 3.8) is 0 Å². The summed E-state index contributed by atoms with van der Waals surface area (Å²) in [6.45, 7) is 9.54. The number of aromatic amines is 1. The number of halogens is 2. The number of ether oxygens (including phenoxy) is 1. The van der Waals surface area contributed by atoms with E-state index >= 15 is 0 Å². The van der Waals surface area contributed by atoms with Crippen LogP contribution in [0.5, 0.6) is 0 Å². The molecule has 0 bridgehead atoms. The highest BCUT2D eigenvalue weighted by molar-refractivity contribution is 6.35. The van der Waals surface area contributed by atoms with Gasteiger partial charge in [0.1, 0.15) is 0 Å². The molecule has 3 heterocycles. The number of pyridine rings is 1. The molecule has 1 aromatic carbocycles. The second-order valence-corrected chi connectivity index (χ2v) is 7.32. The number of nitrogens with zero attached hydrogens (tertiary/aromatic N) is 2. The Bertz CT molecular complexity index is 970. The molecule has 2 aromatic heterocycles. The van der Waals surface area contributed by atoms with E-state index in [9.17, 15) is 0 Å². The number of morpholine rings is 1. The van der Waals surface area contributed by atoms with Crippen molar-refractivity contribution < 1.29 is 4.74 Å². The van der Waals surface area contributed by atoms with Gasteiger partial charge in [-0.25, -0.2) is 0 Å². The summed E-state index contributed by atoms with van der Waals surface area (Å²) in [7, 11) is 0. The zero-order chi connectivity index (χ0) is 18.3. The van der Waals surface area contributed by atoms with Gasteiger partial charge in [-0.3, -0.25) is 4.98 Å². The molecule has 1 saturated heterocycles. The van der Waals surface area contributed by atoms with E-state index in [-0.39, 0.29) is 0 Å². The van der Waals surface area contributed by atoms with Crippen LogP contribution in [0.3, 0.4) is 0 Å². The van der Waals surface area contributed by atoms with Gasteiger partial charge in [-0.05, 0) is 30.7 Å². The lowest BCUT2D eigenvalue weighted by molar-refractivity contribution is 0.0641. The summed E-state index contributed by atoms with van der Waals surface area (Å²) in [5, 5.41) is 2.31. The van der Waals surface area contributed by atoms with Crippen molar-refractivity contribution in [3.05, 3.63) is 58.3 Å². The Labute approximate surface area is 162 Å². The van der Waals surface area contributed by atoms with Gasteiger partial charge in [0.2, 0.25) is 0 Å². The summed E-state index contributed by atoms with van der Waals surface area (Å²) in [5.74, 6) is 0. The molecule has 0 saturated carbocycles. The maximum Gasteiger partial charge on any atom is 0.0944 e. The number of H-pyrrole nitrogens is 1. The minimum absolute atomic E-state index is 0.590. The molecule has 0 spiro atoms. The fourth-order valence-electron chi connectivity index (χ4n) is 3.45. The average molecular weight is 388 g/mol.